The van der Waals surface area contributed by atoms with Gasteiger partial charge in [-0.15, -0.1) is 5.23 Å². The zero-order valence-electron chi connectivity index (χ0n) is 7.60. The van der Waals surface area contributed by atoms with Crippen LogP contribution < -0.4 is 0 Å². The van der Waals surface area contributed by atoms with Crippen LogP contribution >= 0.6 is 0 Å². The molecular formula is C7H8F3N3O2. The molecule has 0 fully saturated rings. The fourth-order valence-corrected chi connectivity index (χ4v) is 1.07. The second kappa shape index (κ2) is 3.91. The number of rotatable bonds is 2. The van der Waals surface area contributed by atoms with Crippen LogP contribution in [-0.4, -0.2) is 25.4 Å². The van der Waals surface area contributed by atoms with Gasteiger partial charge in [0, 0.05) is 12.6 Å². The average Bonchev–Trinajstić information content (AvgIpc) is 2.42. The van der Waals surface area contributed by atoms with E-state index in [0.29, 0.717) is 10.9 Å². The minimum atomic E-state index is -4.54. The van der Waals surface area contributed by atoms with Crippen LogP contribution in [0.3, 0.4) is 0 Å². The number of halogens is 3. The van der Waals surface area contributed by atoms with Crippen LogP contribution in [0, 0.1) is 0 Å². The van der Waals surface area contributed by atoms with Crippen LogP contribution in [-0.2, 0) is 13.2 Å². The topological polar surface area (TPSA) is 61.5 Å². The molecule has 1 aromatic rings. The summed E-state index contributed by atoms with van der Waals surface area (Å²) in [5, 5.41) is 19.7. The van der Waals surface area contributed by atoms with Crippen molar-refractivity contribution < 1.29 is 23.6 Å². The number of alkyl halides is 3. The van der Waals surface area contributed by atoms with Crippen LogP contribution in [0.5, 0.6) is 0 Å². The molecule has 0 radical (unpaired) electrons. The highest BCUT2D eigenvalue weighted by Crippen LogP contribution is 2.31. The second-order valence-corrected chi connectivity index (χ2v) is 2.71. The van der Waals surface area contributed by atoms with Crippen molar-refractivity contribution in [1.82, 2.24) is 15.0 Å². The quantitative estimate of drug-likeness (QED) is 0.745. The number of nitrogens with zero attached hydrogens (tertiary/aromatic N) is 3. The highest BCUT2D eigenvalue weighted by molar-refractivity contribution is 5.51. The SMILES string of the molecule is Cn1ncc(/C=C/N(O)O)c1C(F)(F)F. The second-order valence-electron chi connectivity index (χ2n) is 2.71. The Balaban J connectivity index is 3.10. The molecule has 2 N–H and O–H groups in total. The maximum Gasteiger partial charge on any atom is 0.433 e. The average molecular weight is 223 g/mol. The first kappa shape index (κ1) is 11.5. The van der Waals surface area contributed by atoms with Crippen molar-refractivity contribution in [1.29, 1.82) is 0 Å². The molecule has 1 aromatic heterocycles. The molecule has 84 valence electrons. The number of aromatic nitrogens is 2. The van der Waals surface area contributed by atoms with Gasteiger partial charge < -0.3 is 0 Å². The molecule has 1 heterocycles. The summed E-state index contributed by atoms with van der Waals surface area (Å²) in [6.07, 6.45) is -2.02. The Kier molecular flexibility index (Phi) is 3.01. The van der Waals surface area contributed by atoms with Crippen LogP contribution in [0.2, 0.25) is 0 Å². The summed E-state index contributed by atoms with van der Waals surface area (Å²) in [5.74, 6) is 0. The van der Waals surface area contributed by atoms with Gasteiger partial charge in [-0.05, 0) is 6.08 Å². The van der Waals surface area contributed by atoms with Crippen molar-refractivity contribution in [2.24, 2.45) is 7.05 Å². The Morgan fingerprint density at radius 3 is 2.53 bits per heavy atom. The van der Waals surface area contributed by atoms with E-state index < -0.39 is 11.9 Å². The Bertz CT molecular complexity index is 370. The Morgan fingerprint density at radius 2 is 2.07 bits per heavy atom. The maximum atomic E-state index is 12.4. The molecule has 5 nitrogen and oxygen atoms in total. The van der Waals surface area contributed by atoms with Gasteiger partial charge in [0.2, 0.25) is 0 Å². The normalized spacial score (nSPS) is 12.4. The first-order valence-corrected chi connectivity index (χ1v) is 3.76. The summed E-state index contributed by atoms with van der Waals surface area (Å²) < 4.78 is 38.0. The van der Waals surface area contributed by atoms with Gasteiger partial charge in [0.25, 0.3) is 0 Å². The summed E-state index contributed by atoms with van der Waals surface area (Å²) in [6.45, 7) is 0. The Morgan fingerprint density at radius 1 is 1.47 bits per heavy atom. The van der Waals surface area contributed by atoms with Crippen molar-refractivity contribution in [2.75, 3.05) is 0 Å². The van der Waals surface area contributed by atoms with E-state index in [-0.39, 0.29) is 10.8 Å². The summed E-state index contributed by atoms with van der Waals surface area (Å²) in [6, 6.07) is 0. The summed E-state index contributed by atoms with van der Waals surface area (Å²) in [4.78, 5) is 0. The molecule has 0 aliphatic rings. The molecule has 0 amide bonds. The smallest absolute Gasteiger partial charge is 0.264 e. The Labute approximate surface area is 82.6 Å². The van der Waals surface area contributed by atoms with Gasteiger partial charge in [0.1, 0.15) is 5.69 Å². The largest absolute Gasteiger partial charge is 0.433 e. The fraction of sp³-hybridized carbons (Fsp3) is 0.286. The summed E-state index contributed by atoms with van der Waals surface area (Å²) in [7, 11) is 1.15. The van der Waals surface area contributed by atoms with Gasteiger partial charge in [-0.1, -0.05) is 0 Å². The monoisotopic (exact) mass is 223 g/mol. The van der Waals surface area contributed by atoms with Crippen LogP contribution in [0.1, 0.15) is 11.3 Å². The first-order valence-electron chi connectivity index (χ1n) is 3.76. The van der Waals surface area contributed by atoms with E-state index >= 15 is 0 Å². The minimum Gasteiger partial charge on any atom is -0.264 e. The standard InChI is InChI=1S/C7H8F3N3O2/c1-12-6(7(8,9)10)5(4-11-12)2-3-13(14)15/h2-4,14-15H,1H3/b3-2+. The van der Waals surface area contributed by atoms with Gasteiger partial charge in [-0.25, -0.2) is 0 Å². The predicted molar refractivity (Wildman–Crippen MR) is 42.7 cm³/mol. The maximum absolute atomic E-state index is 12.4. The van der Waals surface area contributed by atoms with E-state index in [1.54, 1.807) is 0 Å². The molecule has 0 aromatic carbocycles. The number of hydroxylamine groups is 2. The lowest BCUT2D eigenvalue weighted by atomic mass is 10.2. The molecule has 0 spiro atoms. The van der Waals surface area contributed by atoms with Crippen molar-refractivity contribution in [3.05, 3.63) is 23.7 Å². The van der Waals surface area contributed by atoms with E-state index in [2.05, 4.69) is 5.10 Å². The van der Waals surface area contributed by atoms with Crippen LogP contribution in [0.4, 0.5) is 13.2 Å². The predicted octanol–water partition coefficient (Wildman–Crippen LogP) is 1.49. The molecule has 0 aliphatic heterocycles. The molecular weight excluding hydrogens is 215 g/mol. The fourth-order valence-electron chi connectivity index (χ4n) is 1.07. The van der Waals surface area contributed by atoms with Crippen LogP contribution in [0.15, 0.2) is 12.4 Å². The van der Waals surface area contributed by atoms with Gasteiger partial charge in [0.15, 0.2) is 0 Å². The minimum absolute atomic E-state index is 0.252. The summed E-state index contributed by atoms with van der Waals surface area (Å²) in [5.41, 5.74) is -1.21. The highest BCUT2D eigenvalue weighted by Gasteiger charge is 2.36. The molecule has 0 unspecified atom stereocenters. The van der Waals surface area contributed by atoms with E-state index in [9.17, 15) is 13.2 Å². The van der Waals surface area contributed by atoms with Crippen molar-refractivity contribution in [3.8, 4) is 0 Å². The number of hydrogen-bond donors (Lipinski definition) is 2. The molecule has 0 saturated heterocycles. The molecule has 0 aliphatic carbocycles. The molecule has 0 bridgehead atoms. The lowest BCUT2D eigenvalue weighted by molar-refractivity contribution is -0.266. The lowest BCUT2D eigenvalue weighted by Crippen LogP contribution is -2.13. The van der Waals surface area contributed by atoms with E-state index in [1.165, 1.54) is 0 Å². The third-order valence-corrected chi connectivity index (χ3v) is 1.62. The zero-order chi connectivity index (χ0) is 11.6. The van der Waals surface area contributed by atoms with E-state index in [0.717, 1.165) is 19.3 Å². The van der Waals surface area contributed by atoms with E-state index in [1.807, 2.05) is 0 Å². The highest BCUT2D eigenvalue weighted by atomic mass is 19.4. The van der Waals surface area contributed by atoms with Crippen molar-refractivity contribution >= 4 is 6.08 Å². The van der Waals surface area contributed by atoms with Crippen LogP contribution in [0.25, 0.3) is 6.08 Å². The number of hydrogen-bond acceptors (Lipinski definition) is 4. The van der Waals surface area contributed by atoms with Gasteiger partial charge in [-0.3, -0.25) is 15.1 Å². The van der Waals surface area contributed by atoms with Crippen molar-refractivity contribution in [2.45, 2.75) is 6.18 Å². The third-order valence-electron chi connectivity index (χ3n) is 1.62. The van der Waals surface area contributed by atoms with Gasteiger partial charge in [0.05, 0.1) is 12.4 Å². The van der Waals surface area contributed by atoms with Crippen molar-refractivity contribution in [3.63, 3.8) is 0 Å². The number of aryl methyl sites for hydroxylation is 1. The van der Waals surface area contributed by atoms with Gasteiger partial charge >= 0.3 is 6.18 Å². The first-order chi connectivity index (χ1) is 6.82. The lowest BCUT2D eigenvalue weighted by Gasteiger charge is -2.07. The molecule has 0 atom stereocenters. The zero-order valence-corrected chi connectivity index (χ0v) is 7.60. The molecule has 0 saturated carbocycles. The third kappa shape index (κ3) is 2.70. The Hall–Kier alpha value is -1.54. The molecule has 8 heteroatoms. The summed E-state index contributed by atoms with van der Waals surface area (Å²) >= 11 is 0. The molecule has 1 rings (SSSR count). The van der Waals surface area contributed by atoms with Gasteiger partial charge in [-0.2, -0.15) is 18.3 Å². The van der Waals surface area contributed by atoms with E-state index in [4.69, 9.17) is 10.4 Å². The molecule has 15 heavy (non-hydrogen) atoms.